The lowest BCUT2D eigenvalue weighted by atomic mass is 10.0. The van der Waals surface area contributed by atoms with Gasteiger partial charge in [0.2, 0.25) is 5.91 Å². The van der Waals surface area contributed by atoms with E-state index >= 15 is 0 Å². The van der Waals surface area contributed by atoms with E-state index in [1.807, 2.05) is 0 Å². The third-order valence-corrected chi connectivity index (χ3v) is 7.43. The molecular formula is C20H17N3O8S2. The molecule has 2 aromatic rings. The number of aromatic nitrogens is 1. The number of thioether (sulfide) groups is 1. The molecule has 3 amide bonds. The summed E-state index contributed by atoms with van der Waals surface area (Å²) in [5.74, 6) is -4.84. The second-order valence-electron chi connectivity index (χ2n) is 7.17. The Morgan fingerprint density at radius 1 is 1.24 bits per heavy atom. The molecule has 0 bridgehead atoms. The zero-order chi connectivity index (χ0) is 23.7. The number of hydrogen-bond acceptors (Lipinski definition) is 9. The van der Waals surface area contributed by atoms with Gasteiger partial charge in [0.15, 0.2) is 0 Å². The van der Waals surface area contributed by atoms with Gasteiger partial charge in [0.1, 0.15) is 11.1 Å². The second-order valence-corrected chi connectivity index (χ2v) is 9.38. The highest BCUT2D eigenvalue weighted by Gasteiger charge is 2.42. The van der Waals surface area contributed by atoms with Crippen molar-refractivity contribution in [1.29, 1.82) is 0 Å². The molecule has 0 aromatic carbocycles. The van der Waals surface area contributed by atoms with Gasteiger partial charge in [-0.3, -0.25) is 24.3 Å². The number of imide groups is 1. The number of nitrogens with one attached hydrogen (secondary N) is 1. The molecule has 2 aromatic heterocycles. The van der Waals surface area contributed by atoms with Crippen LogP contribution in [-0.4, -0.2) is 67.5 Å². The zero-order valence-corrected chi connectivity index (χ0v) is 18.5. The van der Waals surface area contributed by atoms with E-state index in [9.17, 15) is 29.1 Å². The fourth-order valence-corrected chi connectivity index (χ4v) is 5.94. The van der Waals surface area contributed by atoms with Crippen LogP contribution in [0.2, 0.25) is 0 Å². The lowest BCUT2D eigenvalue weighted by Gasteiger charge is -2.26. The third kappa shape index (κ3) is 4.60. The number of carboxylic acid groups (broad SMARTS) is 2. The van der Waals surface area contributed by atoms with Gasteiger partial charge in [0, 0.05) is 23.2 Å². The van der Waals surface area contributed by atoms with Crippen LogP contribution in [0.25, 0.3) is 0 Å². The molecule has 1 fully saturated rings. The number of ether oxygens (including phenoxy) is 1. The summed E-state index contributed by atoms with van der Waals surface area (Å²) in [5, 5.41) is 19.4. The number of thiophene rings is 1. The fraction of sp³-hybridized carbons (Fsp3) is 0.300. The Labute approximate surface area is 194 Å². The van der Waals surface area contributed by atoms with Crippen molar-refractivity contribution < 1.29 is 38.9 Å². The highest BCUT2D eigenvalue weighted by atomic mass is 32.2. The predicted octanol–water partition coefficient (Wildman–Crippen LogP) is 1.78. The lowest BCUT2D eigenvalue weighted by molar-refractivity contribution is -0.147. The molecule has 0 radical (unpaired) electrons. The molecule has 0 aliphatic carbocycles. The maximum absolute atomic E-state index is 12.9. The molecule has 1 saturated heterocycles. The van der Waals surface area contributed by atoms with Gasteiger partial charge in [-0.25, -0.2) is 9.59 Å². The quantitative estimate of drug-likeness (QED) is 0.508. The van der Waals surface area contributed by atoms with Crippen LogP contribution in [0.3, 0.4) is 0 Å². The molecule has 11 nitrogen and oxygen atoms in total. The Kier molecular flexibility index (Phi) is 6.44. The number of carbonyl (C=O) groups excluding carboxylic acids is 3. The van der Waals surface area contributed by atoms with E-state index in [4.69, 9.17) is 9.84 Å². The van der Waals surface area contributed by atoms with Gasteiger partial charge in [-0.1, -0.05) is 17.8 Å². The number of nitrogens with zero attached hydrogens (tertiary/aromatic N) is 2. The molecule has 172 valence electrons. The SMILES string of the molecule is O=C(O)C(=O)Nc1sc2c(c1C(=O)O)CCOC2CN1C(=O)SC(Cc2ccccn2)C1=O. The minimum atomic E-state index is -1.75. The number of fused-ring (bicyclic) bond motifs is 1. The van der Waals surface area contributed by atoms with Crippen LogP contribution in [0.1, 0.15) is 32.6 Å². The van der Waals surface area contributed by atoms with E-state index in [1.165, 1.54) is 0 Å². The van der Waals surface area contributed by atoms with Crippen LogP contribution in [0, 0.1) is 0 Å². The second kappa shape index (κ2) is 9.29. The Morgan fingerprint density at radius 3 is 2.70 bits per heavy atom. The molecule has 2 aliphatic heterocycles. The summed E-state index contributed by atoms with van der Waals surface area (Å²) in [4.78, 5) is 65.4. The maximum atomic E-state index is 12.9. The first-order valence-corrected chi connectivity index (χ1v) is 11.4. The van der Waals surface area contributed by atoms with Crippen LogP contribution in [0.4, 0.5) is 9.80 Å². The largest absolute Gasteiger partial charge is 0.478 e. The molecular weight excluding hydrogens is 474 g/mol. The molecule has 2 atom stereocenters. The number of pyridine rings is 1. The van der Waals surface area contributed by atoms with E-state index in [-0.39, 0.29) is 42.5 Å². The first-order valence-electron chi connectivity index (χ1n) is 9.73. The minimum Gasteiger partial charge on any atom is -0.478 e. The number of amides is 3. The van der Waals surface area contributed by atoms with Crippen molar-refractivity contribution in [2.45, 2.75) is 24.2 Å². The normalized spacial score (nSPS) is 19.9. The van der Waals surface area contributed by atoms with Gasteiger partial charge in [0.25, 0.3) is 5.24 Å². The highest BCUT2D eigenvalue weighted by molar-refractivity contribution is 8.15. The average molecular weight is 492 g/mol. The summed E-state index contributed by atoms with van der Waals surface area (Å²) in [6, 6.07) is 5.31. The summed E-state index contributed by atoms with van der Waals surface area (Å²) >= 11 is 1.77. The van der Waals surface area contributed by atoms with Crippen molar-refractivity contribution in [1.82, 2.24) is 9.88 Å². The molecule has 4 rings (SSSR count). The fourth-order valence-electron chi connectivity index (χ4n) is 3.64. The van der Waals surface area contributed by atoms with Crippen LogP contribution in [0.5, 0.6) is 0 Å². The van der Waals surface area contributed by atoms with Crippen LogP contribution in [0.15, 0.2) is 24.4 Å². The van der Waals surface area contributed by atoms with Crippen molar-refractivity contribution >= 4 is 57.1 Å². The van der Waals surface area contributed by atoms with Gasteiger partial charge in [-0.15, -0.1) is 11.3 Å². The minimum absolute atomic E-state index is 0.123. The van der Waals surface area contributed by atoms with Crippen molar-refractivity contribution in [3.05, 3.63) is 46.1 Å². The van der Waals surface area contributed by atoms with Crippen LogP contribution >= 0.6 is 23.1 Å². The zero-order valence-electron chi connectivity index (χ0n) is 16.8. The van der Waals surface area contributed by atoms with Gasteiger partial charge in [0.05, 0.1) is 24.0 Å². The molecule has 0 saturated carbocycles. The summed E-state index contributed by atoms with van der Waals surface area (Å²) in [6.07, 6.45) is 1.32. The number of anilines is 1. The van der Waals surface area contributed by atoms with E-state index in [2.05, 4.69) is 10.3 Å². The molecule has 4 heterocycles. The van der Waals surface area contributed by atoms with Crippen molar-refractivity contribution in [2.75, 3.05) is 18.5 Å². The van der Waals surface area contributed by atoms with Crippen LogP contribution in [-0.2, 0) is 32.0 Å². The summed E-state index contributed by atoms with van der Waals surface area (Å²) in [7, 11) is 0. The van der Waals surface area contributed by atoms with E-state index in [0.717, 1.165) is 28.0 Å². The lowest BCUT2D eigenvalue weighted by Crippen LogP contribution is -2.37. The maximum Gasteiger partial charge on any atom is 0.394 e. The molecule has 2 aliphatic rings. The summed E-state index contributed by atoms with van der Waals surface area (Å²) in [6.45, 7) is 0.0179. The van der Waals surface area contributed by atoms with Gasteiger partial charge >= 0.3 is 17.8 Å². The summed E-state index contributed by atoms with van der Waals surface area (Å²) < 4.78 is 5.74. The molecule has 0 spiro atoms. The van der Waals surface area contributed by atoms with Crippen molar-refractivity contribution in [2.24, 2.45) is 0 Å². The Hall–Kier alpha value is -3.29. The Morgan fingerprint density at radius 2 is 2.03 bits per heavy atom. The Balaban J connectivity index is 1.56. The first kappa shape index (κ1) is 22.9. The van der Waals surface area contributed by atoms with E-state index < -0.39 is 34.4 Å². The summed E-state index contributed by atoms with van der Waals surface area (Å²) in [5.41, 5.74) is 0.859. The van der Waals surface area contributed by atoms with E-state index in [1.54, 1.807) is 24.4 Å². The number of carbonyl (C=O) groups is 5. The Bertz CT molecular complexity index is 1150. The van der Waals surface area contributed by atoms with Gasteiger partial charge in [-0.05, 0) is 24.1 Å². The number of carboxylic acids is 2. The van der Waals surface area contributed by atoms with E-state index in [0.29, 0.717) is 16.1 Å². The number of rotatable bonds is 6. The average Bonchev–Trinajstić information content (AvgIpc) is 3.27. The topological polar surface area (TPSA) is 163 Å². The molecule has 33 heavy (non-hydrogen) atoms. The number of hydrogen-bond donors (Lipinski definition) is 3. The standard InChI is InChI=1S/C20H17N3O8S2/c24-15(19(28)29)22-16-13(18(26)27)10-4-6-31-11(14(10)33-16)8-23-17(25)12(32-20(23)30)7-9-3-1-2-5-21-9/h1-3,5,11-12H,4,6-8H2,(H,22,24)(H,26,27)(H,28,29). The van der Waals surface area contributed by atoms with Gasteiger partial charge in [-0.2, -0.15) is 0 Å². The highest BCUT2D eigenvalue weighted by Crippen LogP contribution is 2.42. The third-order valence-electron chi connectivity index (χ3n) is 5.11. The molecule has 2 unspecified atom stereocenters. The predicted molar refractivity (Wildman–Crippen MR) is 116 cm³/mol. The number of aromatic carboxylic acids is 1. The monoisotopic (exact) mass is 491 g/mol. The number of aliphatic carboxylic acids is 1. The van der Waals surface area contributed by atoms with Crippen molar-refractivity contribution in [3.63, 3.8) is 0 Å². The molecule has 13 heteroatoms. The smallest absolute Gasteiger partial charge is 0.394 e. The van der Waals surface area contributed by atoms with Crippen molar-refractivity contribution in [3.8, 4) is 0 Å². The first-order chi connectivity index (χ1) is 15.8. The molecule has 3 N–H and O–H groups in total. The van der Waals surface area contributed by atoms with Crippen LogP contribution < -0.4 is 5.32 Å². The van der Waals surface area contributed by atoms with Gasteiger partial charge < -0.3 is 20.3 Å².